The molecular formula is C29H55N2O5P. The van der Waals surface area contributed by atoms with Crippen LogP contribution in [0.2, 0.25) is 0 Å². The van der Waals surface area contributed by atoms with Gasteiger partial charge in [0.2, 0.25) is 0 Å². The van der Waals surface area contributed by atoms with Gasteiger partial charge in [0, 0.05) is 41.4 Å². The molecule has 2 aliphatic heterocycles. The third-order valence-corrected chi connectivity index (χ3v) is 8.90. The molecule has 2 N–H and O–H groups in total. The quantitative estimate of drug-likeness (QED) is 0.153. The topological polar surface area (TPSA) is 82.5 Å². The first kappa shape index (κ1) is 32.7. The van der Waals surface area contributed by atoms with E-state index in [1.165, 1.54) is 31.2 Å². The molecule has 0 saturated carbocycles. The number of hydroxylamine groups is 4. The monoisotopic (exact) mass is 542 g/mol. The fraction of sp³-hybridized carbons (Fsp3) is 0.931. The van der Waals surface area contributed by atoms with Crippen LogP contribution in [0.15, 0.2) is 0 Å². The Morgan fingerprint density at radius 1 is 0.676 bits per heavy atom. The average molecular weight is 543 g/mol. The zero-order valence-electron chi connectivity index (χ0n) is 25.1. The number of rotatable bonds is 12. The van der Waals surface area contributed by atoms with Gasteiger partial charge in [-0.2, -0.15) is 10.1 Å². The molecule has 0 aromatic carbocycles. The van der Waals surface area contributed by atoms with Crippen molar-refractivity contribution in [3.05, 3.63) is 0 Å². The Morgan fingerprint density at radius 2 is 1.03 bits per heavy atom. The van der Waals surface area contributed by atoms with Crippen LogP contribution >= 0.6 is 8.20 Å². The smallest absolute Gasteiger partial charge is 0.306 e. The summed E-state index contributed by atoms with van der Waals surface area (Å²) < 4.78 is 12.2. The van der Waals surface area contributed by atoms with Gasteiger partial charge >= 0.3 is 5.97 Å². The van der Waals surface area contributed by atoms with Gasteiger partial charge < -0.3 is 19.9 Å². The van der Waals surface area contributed by atoms with Gasteiger partial charge in [0.05, 0.1) is 11.6 Å². The molecule has 7 nitrogen and oxygen atoms in total. The van der Waals surface area contributed by atoms with Crippen molar-refractivity contribution in [3.63, 3.8) is 0 Å². The summed E-state index contributed by atoms with van der Waals surface area (Å²) in [6.45, 7) is 18.4. The maximum absolute atomic E-state index is 12.4. The van der Waals surface area contributed by atoms with Crippen molar-refractivity contribution in [2.24, 2.45) is 0 Å². The van der Waals surface area contributed by atoms with Crippen LogP contribution in [0.4, 0.5) is 0 Å². The largest absolute Gasteiger partial charge is 0.462 e. The highest BCUT2D eigenvalue weighted by atomic mass is 31.1. The highest BCUT2D eigenvalue weighted by Crippen LogP contribution is 2.39. The molecule has 0 unspecified atom stereocenters. The number of hydrogen-bond acceptors (Lipinski definition) is 7. The lowest BCUT2D eigenvalue weighted by molar-refractivity contribution is -0.259. The third kappa shape index (κ3) is 9.54. The summed E-state index contributed by atoms with van der Waals surface area (Å²) >= 11 is 0. The summed E-state index contributed by atoms with van der Waals surface area (Å²) in [5, 5.41) is 23.9. The van der Waals surface area contributed by atoms with Gasteiger partial charge in [-0.15, -0.1) is 0 Å². The van der Waals surface area contributed by atoms with Crippen LogP contribution < -0.4 is 0 Å². The molecular weight excluding hydrogens is 487 g/mol. The van der Waals surface area contributed by atoms with Gasteiger partial charge in [-0.25, -0.2) is 0 Å². The first-order valence-corrected chi connectivity index (χ1v) is 15.6. The molecule has 0 aromatic heterocycles. The number of ether oxygens (including phenoxy) is 2. The van der Waals surface area contributed by atoms with Crippen LogP contribution in [0.1, 0.15) is 132 Å². The zero-order chi connectivity index (χ0) is 28.1. The minimum Gasteiger partial charge on any atom is -0.462 e. The number of nitrogens with zero attached hydrogens (tertiary/aromatic N) is 2. The Labute approximate surface area is 228 Å². The fourth-order valence-electron chi connectivity index (χ4n) is 6.44. The van der Waals surface area contributed by atoms with E-state index in [0.29, 0.717) is 19.3 Å². The maximum Gasteiger partial charge on any atom is 0.306 e. The summed E-state index contributed by atoms with van der Waals surface area (Å²) in [6.07, 6.45) is 10.9. The van der Waals surface area contributed by atoms with Crippen LogP contribution in [0.25, 0.3) is 0 Å². The standard InChI is InChI=1S/C29H55N2O5P/c1-26(2)18-22(19-27(3,4)30(26)33)35-24(32)16-14-12-10-11-13-15-17-25(37-9)36-23-20-28(5,6)31(34)29(7,8)21-23/h22-23,33-34H,10-21H2,1-9H3. The molecule has 0 atom stereocenters. The second-order valence-corrected chi connectivity index (χ2v) is 14.7. The SMILES string of the molecule is CP=C(CCCCCCCCC(=O)OC1CC(C)(C)N(O)C(C)(C)C1)OC1CC(C)(C)N(O)C(C)(C)C1. The lowest BCUT2D eigenvalue weighted by Gasteiger charge is -2.51. The Balaban J connectivity index is 1.59. The summed E-state index contributed by atoms with van der Waals surface area (Å²) in [5.41, 5.74) is -0.242. The van der Waals surface area contributed by atoms with Crippen LogP contribution in [0.3, 0.4) is 0 Å². The van der Waals surface area contributed by atoms with E-state index < -0.39 is 11.1 Å². The lowest BCUT2D eigenvalue weighted by Crippen LogP contribution is -2.60. The molecule has 2 rings (SSSR count). The van der Waals surface area contributed by atoms with Crippen molar-refractivity contribution < 1.29 is 24.7 Å². The van der Waals surface area contributed by atoms with E-state index in [2.05, 4.69) is 34.4 Å². The van der Waals surface area contributed by atoms with E-state index in [1.807, 2.05) is 27.7 Å². The normalized spacial score (nSPS) is 24.8. The van der Waals surface area contributed by atoms with Crippen molar-refractivity contribution in [2.75, 3.05) is 6.66 Å². The van der Waals surface area contributed by atoms with E-state index >= 15 is 0 Å². The summed E-state index contributed by atoms with van der Waals surface area (Å²) in [7, 11) is 1.19. The van der Waals surface area contributed by atoms with Gasteiger partial charge in [-0.05, 0) is 94.2 Å². The molecule has 2 heterocycles. The second kappa shape index (κ2) is 13.2. The summed E-state index contributed by atoms with van der Waals surface area (Å²) in [5.74, 6) is -0.111. The number of esters is 1. The number of unbranched alkanes of at least 4 members (excludes halogenated alkanes) is 5. The molecule has 0 aromatic rings. The van der Waals surface area contributed by atoms with E-state index in [4.69, 9.17) is 9.47 Å². The highest BCUT2D eigenvalue weighted by molar-refractivity contribution is 7.39. The molecule has 2 fully saturated rings. The van der Waals surface area contributed by atoms with Crippen molar-refractivity contribution in [1.82, 2.24) is 10.1 Å². The average Bonchev–Trinajstić information content (AvgIpc) is 2.75. The molecule has 0 radical (unpaired) electrons. The summed E-state index contributed by atoms with van der Waals surface area (Å²) in [6, 6.07) is 0. The van der Waals surface area contributed by atoms with Gasteiger partial charge in [0.25, 0.3) is 0 Å². The molecule has 216 valence electrons. The van der Waals surface area contributed by atoms with Crippen LogP contribution in [-0.2, 0) is 14.3 Å². The lowest BCUT2D eigenvalue weighted by atomic mass is 9.80. The van der Waals surface area contributed by atoms with Gasteiger partial charge in [-0.3, -0.25) is 4.79 Å². The van der Waals surface area contributed by atoms with Crippen molar-refractivity contribution in [1.29, 1.82) is 0 Å². The van der Waals surface area contributed by atoms with Gasteiger partial charge in [-0.1, -0.05) is 33.9 Å². The molecule has 8 heteroatoms. The predicted molar refractivity (Wildman–Crippen MR) is 152 cm³/mol. The van der Waals surface area contributed by atoms with E-state index in [0.717, 1.165) is 50.4 Å². The minimum absolute atomic E-state index is 0.111. The number of piperidine rings is 2. The molecule has 0 spiro atoms. The summed E-state index contributed by atoms with van der Waals surface area (Å²) in [4.78, 5) is 12.4. The first-order chi connectivity index (χ1) is 17.0. The first-order valence-electron chi connectivity index (χ1n) is 14.3. The molecule has 0 aliphatic carbocycles. The third-order valence-electron chi connectivity index (χ3n) is 8.07. The number of hydrogen-bond donors (Lipinski definition) is 2. The van der Waals surface area contributed by atoms with E-state index in [1.54, 1.807) is 0 Å². The van der Waals surface area contributed by atoms with Gasteiger partial charge in [0.15, 0.2) is 0 Å². The van der Waals surface area contributed by atoms with E-state index in [-0.39, 0.29) is 29.3 Å². The Bertz CT molecular complexity index is 744. The highest BCUT2D eigenvalue weighted by Gasteiger charge is 2.47. The second-order valence-electron chi connectivity index (χ2n) is 13.8. The molecule has 2 saturated heterocycles. The number of carbonyl (C=O) groups excluding carboxylic acids is 1. The van der Waals surface area contributed by atoms with Crippen LogP contribution in [-0.4, -0.2) is 73.0 Å². The predicted octanol–water partition coefficient (Wildman–Crippen LogP) is 7.19. The minimum atomic E-state index is -0.406. The molecule has 2 aliphatic rings. The molecule has 0 amide bonds. The van der Waals surface area contributed by atoms with Crippen molar-refractivity contribution in [2.45, 2.75) is 167 Å². The van der Waals surface area contributed by atoms with Crippen molar-refractivity contribution in [3.8, 4) is 0 Å². The molecule has 0 bridgehead atoms. The van der Waals surface area contributed by atoms with E-state index in [9.17, 15) is 15.2 Å². The number of carbonyl (C=O) groups is 1. The van der Waals surface area contributed by atoms with Gasteiger partial charge in [0.1, 0.15) is 6.10 Å². The maximum atomic E-state index is 12.4. The Morgan fingerprint density at radius 3 is 1.43 bits per heavy atom. The fourth-order valence-corrected chi connectivity index (χ4v) is 7.07. The van der Waals surface area contributed by atoms with Crippen LogP contribution in [0.5, 0.6) is 0 Å². The molecule has 37 heavy (non-hydrogen) atoms. The zero-order valence-corrected chi connectivity index (χ0v) is 26.0. The van der Waals surface area contributed by atoms with Crippen LogP contribution in [0, 0.1) is 0 Å². The Hall–Kier alpha value is -0.560. The van der Waals surface area contributed by atoms with Crippen molar-refractivity contribution >= 4 is 19.7 Å². The Kier molecular flexibility index (Phi) is 11.6.